The second kappa shape index (κ2) is 10.3. The molecule has 0 bridgehead atoms. The number of carbonyl (C=O) groups is 3. The number of hydrogen-bond donors (Lipinski definition) is 3. The molecule has 1 saturated heterocycles. The maximum Gasteiger partial charge on any atom is 0.414 e. The number of ether oxygens (including phenoxy) is 1. The largest absolute Gasteiger partial charge is 0.480 e. The highest BCUT2D eigenvalue weighted by atomic mass is 127. The molecule has 2 unspecified atom stereocenters. The smallest absolute Gasteiger partial charge is 0.414 e. The van der Waals surface area contributed by atoms with Gasteiger partial charge in [-0.1, -0.05) is 12.1 Å². The molecule has 28 heavy (non-hydrogen) atoms. The van der Waals surface area contributed by atoms with Crippen LogP contribution in [0.1, 0.15) is 12.0 Å². The quantitative estimate of drug-likeness (QED) is 0.361. The van der Waals surface area contributed by atoms with Gasteiger partial charge in [-0.2, -0.15) is 0 Å². The van der Waals surface area contributed by atoms with Crippen LogP contribution in [0.25, 0.3) is 0 Å². The summed E-state index contributed by atoms with van der Waals surface area (Å²) in [5, 5.41) is 12.1. The lowest BCUT2D eigenvalue weighted by Gasteiger charge is -2.22. The number of benzene rings is 1. The minimum Gasteiger partial charge on any atom is -0.480 e. The number of rotatable bonds is 7. The fraction of sp³-hybridized carbons (Fsp3) is 0.471. The van der Waals surface area contributed by atoms with Crippen molar-refractivity contribution in [1.82, 2.24) is 14.5 Å². The number of aliphatic carboxylic acids is 1. The first-order chi connectivity index (χ1) is 13.2. The Hall–Kier alpha value is -1.57. The summed E-state index contributed by atoms with van der Waals surface area (Å²) in [6.45, 7) is 0.580. The van der Waals surface area contributed by atoms with E-state index in [-0.39, 0.29) is 18.4 Å². The maximum absolute atomic E-state index is 12.6. The molecule has 2 amide bonds. The van der Waals surface area contributed by atoms with Crippen LogP contribution in [0.4, 0.5) is 4.79 Å². The van der Waals surface area contributed by atoms with Crippen LogP contribution in [0.5, 0.6) is 5.75 Å². The molecule has 1 heterocycles. The lowest BCUT2D eigenvalue weighted by atomic mass is 10.0. The molecule has 0 spiro atoms. The number of carboxylic acids is 1. The molecule has 0 saturated carbocycles. The maximum atomic E-state index is 12.6. The molecule has 9 nitrogen and oxygen atoms in total. The third kappa shape index (κ3) is 6.22. The Morgan fingerprint density at radius 1 is 1.39 bits per heavy atom. The molecule has 1 aliphatic heterocycles. The fourth-order valence-corrected chi connectivity index (χ4v) is 4.57. The van der Waals surface area contributed by atoms with Crippen LogP contribution in [0.2, 0.25) is 0 Å². The average molecular weight is 522 g/mol. The Morgan fingerprint density at radius 2 is 2.04 bits per heavy atom. The number of carboxylic acid groups (broad SMARTS) is 1. The molecule has 1 aromatic carbocycles. The minimum absolute atomic E-state index is 0.110. The van der Waals surface area contributed by atoms with Crippen molar-refractivity contribution in [3.05, 3.63) is 29.8 Å². The first-order valence-corrected chi connectivity index (χ1v) is 11.8. The Bertz CT molecular complexity index is 718. The Labute approximate surface area is 179 Å². The number of amides is 2. The van der Waals surface area contributed by atoms with E-state index in [0.717, 1.165) is 0 Å². The molecule has 0 radical (unpaired) electrons. The zero-order valence-corrected chi connectivity index (χ0v) is 18.5. The Kier molecular flexibility index (Phi) is 8.34. The zero-order chi connectivity index (χ0) is 20.8. The Morgan fingerprint density at radius 3 is 2.57 bits per heavy atom. The van der Waals surface area contributed by atoms with E-state index < -0.39 is 24.1 Å². The number of nitrogens with one attached hydrogen (secondary N) is 1. The SMILES string of the molecule is CN(C)C(=O)Oc1ccc(CC(NC(=O)[C@@H]2CC(N)CN2SI)C(=O)O)cc1. The lowest BCUT2D eigenvalue weighted by molar-refractivity contribution is -0.142. The summed E-state index contributed by atoms with van der Waals surface area (Å²) in [6.07, 6.45) is 0.0927. The topological polar surface area (TPSA) is 125 Å². The van der Waals surface area contributed by atoms with Gasteiger partial charge in [0, 0.05) is 54.3 Å². The number of nitrogens with two attached hydrogens (primary N) is 1. The van der Waals surface area contributed by atoms with Crippen LogP contribution in [0.15, 0.2) is 24.3 Å². The van der Waals surface area contributed by atoms with Crippen molar-refractivity contribution < 1.29 is 24.2 Å². The van der Waals surface area contributed by atoms with E-state index in [9.17, 15) is 19.5 Å². The molecule has 0 aliphatic carbocycles. The molecule has 11 heteroatoms. The van der Waals surface area contributed by atoms with Gasteiger partial charge in [0.2, 0.25) is 5.91 Å². The van der Waals surface area contributed by atoms with Crippen LogP contribution < -0.4 is 15.8 Å². The highest BCUT2D eigenvalue weighted by Crippen LogP contribution is 2.29. The van der Waals surface area contributed by atoms with Crippen LogP contribution in [0, 0.1) is 0 Å². The summed E-state index contributed by atoms with van der Waals surface area (Å²) < 4.78 is 6.98. The van der Waals surface area contributed by atoms with Gasteiger partial charge in [0.15, 0.2) is 0 Å². The van der Waals surface area contributed by atoms with Gasteiger partial charge in [-0.25, -0.2) is 13.9 Å². The number of carbonyl (C=O) groups excluding carboxylic acids is 2. The molecule has 1 aliphatic rings. The van der Waals surface area contributed by atoms with Gasteiger partial charge in [-0.3, -0.25) is 4.79 Å². The van der Waals surface area contributed by atoms with Crippen LogP contribution in [-0.2, 0) is 16.0 Å². The van der Waals surface area contributed by atoms with E-state index in [1.54, 1.807) is 38.4 Å². The Balaban J connectivity index is 2.00. The second-order valence-electron chi connectivity index (χ2n) is 6.69. The number of halogens is 1. The molecule has 4 N–H and O–H groups in total. The molecule has 1 fully saturated rings. The van der Waals surface area contributed by atoms with Crippen molar-refractivity contribution in [2.24, 2.45) is 5.73 Å². The van der Waals surface area contributed by atoms with E-state index in [2.05, 4.69) is 26.5 Å². The van der Waals surface area contributed by atoms with Crippen molar-refractivity contribution >= 4 is 48.3 Å². The zero-order valence-electron chi connectivity index (χ0n) is 15.5. The van der Waals surface area contributed by atoms with E-state index in [1.165, 1.54) is 14.0 Å². The van der Waals surface area contributed by atoms with Crippen molar-refractivity contribution in [3.8, 4) is 5.75 Å². The van der Waals surface area contributed by atoms with Crippen molar-refractivity contribution in [1.29, 1.82) is 0 Å². The molecule has 0 aromatic heterocycles. The minimum atomic E-state index is -1.12. The van der Waals surface area contributed by atoms with Gasteiger partial charge in [-0.05, 0) is 33.2 Å². The van der Waals surface area contributed by atoms with E-state index in [0.29, 0.717) is 24.3 Å². The summed E-state index contributed by atoms with van der Waals surface area (Å²) in [5.41, 5.74) is 6.61. The molecule has 1 aromatic rings. The molecule has 3 atom stereocenters. The average Bonchev–Trinajstić information content (AvgIpc) is 3.03. The van der Waals surface area contributed by atoms with E-state index in [1.807, 2.05) is 4.31 Å². The van der Waals surface area contributed by atoms with Crippen LogP contribution in [-0.4, -0.2) is 71.0 Å². The summed E-state index contributed by atoms with van der Waals surface area (Å²) in [7, 11) is 4.54. The van der Waals surface area contributed by atoms with E-state index in [4.69, 9.17) is 10.5 Å². The predicted octanol–water partition coefficient (Wildman–Crippen LogP) is 1.26. The summed E-state index contributed by atoms with van der Waals surface area (Å²) >= 11 is 2.08. The van der Waals surface area contributed by atoms with Crippen molar-refractivity contribution in [3.63, 3.8) is 0 Å². The molecule has 2 rings (SSSR count). The van der Waals surface area contributed by atoms with Crippen molar-refractivity contribution in [2.75, 3.05) is 20.6 Å². The first kappa shape index (κ1) is 22.7. The summed E-state index contributed by atoms with van der Waals surface area (Å²) in [5.74, 6) is -1.11. The third-order valence-electron chi connectivity index (χ3n) is 4.23. The van der Waals surface area contributed by atoms with E-state index >= 15 is 0 Å². The molecular formula is C17H23IN4O5S. The van der Waals surface area contributed by atoms with Gasteiger partial charge in [-0.15, -0.1) is 0 Å². The molecule has 154 valence electrons. The van der Waals surface area contributed by atoms with Crippen molar-refractivity contribution in [2.45, 2.75) is 31.0 Å². The number of hydrogen-bond acceptors (Lipinski definition) is 7. The first-order valence-electron chi connectivity index (χ1n) is 8.53. The third-order valence-corrected chi connectivity index (χ3v) is 6.33. The van der Waals surface area contributed by atoms with Gasteiger partial charge in [0.05, 0.1) is 0 Å². The fourth-order valence-electron chi connectivity index (χ4n) is 2.74. The normalized spacial score (nSPS) is 20.4. The highest BCUT2D eigenvalue weighted by molar-refractivity contribution is 14.2. The second-order valence-corrected chi connectivity index (χ2v) is 8.48. The highest BCUT2D eigenvalue weighted by Gasteiger charge is 2.37. The molecular weight excluding hydrogens is 499 g/mol. The predicted molar refractivity (Wildman–Crippen MR) is 114 cm³/mol. The standard InChI is InChI=1S/C17H23IN4O5S/c1-21(2)17(26)27-12-5-3-10(4-6-12)7-13(16(24)25)20-15(23)14-8-11(19)9-22(14)28-18/h3-6,11,13-14H,7-9,19H2,1-2H3,(H,20,23)(H,24,25)/t11?,13?,14-/m0/s1. The van der Waals surface area contributed by atoms with Gasteiger partial charge in [0.1, 0.15) is 17.8 Å². The lowest BCUT2D eigenvalue weighted by Crippen LogP contribution is -2.48. The summed E-state index contributed by atoms with van der Waals surface area (Å²) in [4.78, 5) is 37.0. The van der Waals surface area contributed by atoms with Gasteiger partial charge >= 0.3 is 12.1 Å². The number of nitrogens with zero attached hydrogens (tertiary/aromatic N) is 2. The monoisotopic (exact) mass is 522 g/mol. The van der Waals surface area contributed by atoms with Crippen LogP contribution >= 0.6 is 30.3 Å². The van der Waals surface area contributed by atoms with Gasteiger partial charge < -0.3 is 25.8 Å². The van der Waals surface area contributed by atoms with Gasteiger partial charge in [0.25, 0.3) is 0 Å². The van der Waals surface area contributed by atoms with Crippen LogP contribution in [0.3, 0.4) is 0 Å². The summed E-state index contributed by atoms with van der Waals surface area (Å²) in [6, 6.07) is 4.87.